The van der Waals surface area contributed by atoms with Gasteiger partial charge < -0.3 is 33.8 Å². The average Bonchev–Trinajstić information content (AvgIpc) is 3.52. The SMILES string of the molecule is CCCCCCCCCCC(=O)OC[C@H](COP(=O)(O)OC[C@H](O)COP(=O)(O)OC[C@@H](COC(=O)CCCCCCCCCCCCC(C)C)OC(=O)CCCCCCCCCCCCCCCCCC(C)C)OC(=O)CCCCCCCCC(C)CC. The number of aliphatic hydroxyl groups excluding tert-OH is 1. The zero-order valence-electron chi connectivity index (χ0n) is 57.9. The van der Waals surface area contributed by atoms with Crippen molar-refractivity contribution in [1.29, 1.82) is 0 Å². The monoisotopic (exact) mass is 1310 g/mol. The first-order valence-electron chi connectivity index (χ1n) is 36.4. The van der Waals surface area contributed by atoms with Gasteiger partial charge in [0.05, 0.1) is 26.4 Å². The molecule has 0 aromatic carbocycles. The summed E-state index contributed by atoms with van der Waals surface area (Å²) in [6.45, 7) is 11.8. The maximum absolute atomic E-state index is 13.0. The predicted molar refractivity (Wildman–Crippen MR) is 358 cm³/mol. The van der Waals surface area contributed by atoms with Gasteiger partial charge in [0.15, 0.2) is 12.2 Å². The number of hydrogen-bond acceptors (Lipinski definition) is 15. The Morgan fingerprint density at radius 3 is 0.854 bits per heavy atom. The van der Waals surface area contributed by atoms with Crippen LogP contribution in [0, 0.1) is 17.8 Å². The lowest BCUT2D eigenvalue weighted by Gasteiger charge is -2.21. The number of ether oxygens (including phenoxy) is 4. The van der Waals surface area contributed by atoms with E-state index in [-0.39, 0.29) is 25.7 Å². The molecule has 3 unspecified atom stereocenters. The van der Waals surface area contributed by atoms with Crippen LogP contribution in [0.4, 0.5) is 0 Å². The van der Waals surface area contributed by atoms with Gasteiger partial charge in [-0.1, -0.05) is 299 Å². The lowest BCUT2D eigenvalue weighted by atomic mass is 10.00. The van der Waals surface area contributed by atoms with Crippen LogP contribution >= 0.6 is 15.6 Å². The number of hydrogen-bond donors (Lipinski definition) is 3. The molecule has 0 aliphatic heterocycles. The lowest BCUT2D eigenvalue weighted by Crippen LogP contribution is -2.30. The molecule has 17 nitrogen and oxygen atoms in total. The zero-order valence-corrected chi connectivity index (χ0v) is 59.7. The molecular formula is C70H136O17P2. The Labute approximate surface area is 543 Å². The summed E-state index contributed by atoms with van der Waals surface area (Å²) in [7, 11) is -9.90. The fraction of sp³-hybridized carbons (Fsp3) is 0.943. The number of phosphoric acid groups is 2. The number of phosphoric ester groups is 2. The summed E-state index contributed by atoms with van der Waals surface area (Å²) in [5.74, 6) is 0.150. The van der Waals surface area contributed by atoms with E-state index in [4.69, 9.17) is 37.0 Å². The largest absolute Gasteiger partial charge is 0.472 e. The van der Waals surface area contributed by atoms with E-state index in [0.29, 0.717) is 25.7 Å². The maximum atomic E-state index is 13.0. The summed E-state index contributed by atoms with van der Waals surface area (Å²) < 4.78 is 68.2. The van der Waals surface area contributed by atoms with E-state index in [9.17, 15) is 43.2 Å². The Hall–Kier alpha value is -1.94. The van der Waals surface area contributed by atoms with Gasteiger partial charge in [0, 0.05) is 25.7 Å². The molecule has 89 heavy (non-hydrogen) atoms. The molecule has 6 atom stereocenters. The normalized spacial score (nSPS) is 14.5. The van der Waals surface area contributed by atoms with Crippen LogP contribution in [0.2, 0.25) is 0 Å². The van der Waals surface area contributed by atoms with Crippen LogP contribution in [0.3, 0.4) is 0 Å². The van der Waals surface area contributed by atoms with Crippen LogP contribution in [0.1, 0.15) is 350 Å². The fourth-order valence-electron chi connectivity index (χ4n) is 10.5. The number of unbranched alkanes of at least 4 members (excludes halogenated alkanes) is 35. The van der Waals surface area contributed by atoms with E-state index in [1.165, 1.54) is 154 Å². The second-order valence-corrected chi connectivity index (χ2v) is 29.4. The Morgan fingerprint density at radius 2 is 0.573 bits per heavy atom. The molecule has 0 rings (SSSR count). The number of rotatable bonds is 68. The number of carbonyl (C=O) groups excluding carboxylic acids is 4. The molecule has 0 aliphatic carbocycles. The van der Waals surface area contributed by atoms with Gasteiger partial charge in [0.25, 0.3) is 0 Å². The molecule has 528 valence electrons. The lowest BCUT2D eigenvalue weighted by molar-refractivity contribution is -0.161. The highest BCUT2D eigenvalue weighted by Crippen LogP contribution is 2.45. The number of esters is 4. The molecule has 0 radical (unpaired) electrons. The highest BCUT2D eigenvalue weighted by molar-refractivity contribution is 7.47. The van der Waals surface area contributed by atoms with Crippen LogP contribution in [-0.2, 0) is 65.4 Å². The topological polar surface area (TPSA) is 237 Å². The molecule has 0 aromatic heterocycles. The van der Waals surface area contributed by atoms with Gasteiger partial charge in [-0.05, 0) is 43.4 Å². The summed E-state index contributed by atoms with van der Waals surface area (Å²) >= 11 is 0. The van der Waals surface area contributed by atoms with Crippen molar-refractivity contribution in [3.8, 4) is 0 Å². The van der Waals surface area contributed by atoms with E-state index in [0.717, 1.165) is 114 Å². The maximum Gasteiger partial charge on any atom is 0.472 e. The standard InChI is InChI=1S/C70H136O17P2/c1-8-10-11-12-13-29-37-44-51-67(72)80-58-66(87-70(75)54-47-40-33-32-36-43-50-63(7)9-2)60-85-89(78,79)83-56-64(71)55-82-88(76,77)84-59-65(57-81-68(73)52-45-38-30-25-22-21-24-28-35-42-49-62(5)6)86-69(74)53-46-39-31-26-20-18-16-14-15-17-19-23-27-34-41-48-61(3)4/h61-66,71H,8-60H2,1-7H3,(H,76,77)(H,78,79)/t63?,64-,65-,66-/m1/s1. The molecule has 19 heteroatoms. The van der Waals surface area contributed by atoms with Crippen molar-refractivity contribution in [2.45, 2.75) is 369 Å². The van der Waals surface area contributed by atoms with E-state index in [1.54, 1.807) is 0 Å². The van der Waals surface area contributed by atoms with Crippen LogP contribution in [0.25, 0.3) is 0 Å². The predicted octanol–water partition coefficient (Wildman–Crippen LogP) is 19.8. The zero-order chi connectivity index (χ0) is 65.9. The van der Waals surface area contributed by atoms with Crippen molar-refractivity contribution in [1.82, 2.24) is 0 Å². The highest BCUT2D eigenvalue weighted by atomic mass is 31.2. The van der Waals surface area contributed by atoms with E-state index in [2.05, 4.69) is 48.5 Å². The molecule has 0 amide bonds. The van der Waals surface area contributed by atoms with Gasteiger partial charge in [-0.25, -0.2) is 9.13 Å². The third-order valence-electron chi connectivity index (χ3n) is 16.5. The van der Waals surface area contributed by atoms with Crippen molar-refractivity contribution >= 4 is 39.5 Å². The molecule has 0 aliphatic rings. The fourth-order valence-corrected chi connectivity index (χ4v) is 12.1. The summed E-state index contributed by atoms with van der Waals surface area (Å²) in [5.41, 5.74) is 0. The van der Waals surface area contributed by atoms with E-state index >= 15 is 0 Å². The van der Waals surface area contributed by atoms with Crippen LogP contribution in [0.15, 0.2) is 0 Å². The van der Waals surface area contributed by atoms with Crippen molar-refractivity contribution in [3.63, 3.8) is 0 Å². The van der Waals surface area contributed by atoms with Crippen LogP contribution in [-0.4, -0.2) is 96.7 Å². The van der Waals surface area contributed by atoms with Crippen LogP contribution < -0.4 is 0 Å². The molecule has 0 fully saturated rings. The van der Waals surface area contributed by atoms with Gasteiger partial charge >= 0.3 is 39.5 Å². The van der Waals surface area contributed by atoms with Gasteiger partial charge in [0.1, 0.15) is 19.3 Å². The van der Waals surface area contributed by atoms with Crippen molar-refractivity contribution in [2.75, 3.05) is 39.6 Å². The first-order valence-corrected chi connectivity index (χ1v) is 39.4. The first-order chi connectivity index (χ1) is 42.8. The van der Waals surface area contributed by atoms with Gasteiger partial charge in [-0.15, -0.1) is 0 Å². The molecular weight excluding hydrogens is 1170 g/mol. The minimum Gasteiger partial charge on any atom is -0.462 e. The Balaban J connectivity index is 5.21. The van der Waals surface area contributed by atoms with Crippen molar-refractivity contribution < 1.29 is 80.2 Å². The highest BCUT2D eigenvalue weighted by Gasteiger charge is 2.30. The van der Waals surface area contributed by atoms with Gasteiger partial charge in [-0.3, -0.25) is 37.3 Å². The molecule has 0 saturated carbocycles. The summed E-state index contributed by atoms with van der Waals surface area (Å²) in [6, 6.07) is 0. The smallest absolute Gasteiger partial charge is 0.462 e. The van der Waals surface area contributed by atoms with Crippen LogP contribution in [0.5, 0.6) is 0 Å². The number of aliphatic hydroxyl groups is 1. The average molecular weight is 1310 g/mol. The Kier molecular flexibility index (Phi) is 59.6. The third-order valence-corrected chi connectivity index (χ3v) is 18.4. The second kappa shape index (κ2) is 61.0. The molecule has 0 heterocycles. The van der Waals surface area contributed by atoms with Crippen molar-refractivity contribution in [2.24, 2.45) is 17.8 Å². The minimum atomic E-state index is -4.95. The summed E-state index contributed by atoms with van der Waals surface area (Å²) in [5, 5.41) is 10.6. The second-order valence-electron chi connectivity index (χ2n) is 26.5. The molecule has 0 aromatic rings. The van der Waals surface area contributed by atoms with Gasteiger partial charge in [0.2, 0.25) is 0 Å². The molecule has 3 N–H and O–H groups in total. The Morgan fingerprint density at radius 1 is 0.326 bits per heavy atom. The molecule has 0 bridgehead atoms. The van der Waals surface area contributed by atoms with Crippen molar-refractivity contribution in [3.05, 3.63) is 0 Å². The number of carbonyl (C=O) groups is 4. The molecule has 0 spiro atoms. The Bertz CT molecular complexity index is 1750. The quantitative estimate of drug-likeness (QED) is 0.0222. The minimum absolute atomic E-state index is 0.103. The third kappa shape index (κ3) is 63.2. The van der Waals surface area contributed by atoms with E-state index < -0.39 is 97.5 Å². The van der Waals surface area contributed by atoms with Gasteiger partial charge in [-0.2, -0.15) is 0 Å². The summed E-state index contributed by atoms with van der Waals surface area (Å²) in [6.07, 6.45) is 44.6. The molecule has 0 saturated heterocycles. The van der Waals surface area contributed by atoms with E-state index in [1.807, 2.05) is 0 Å². The first kappa shape index (κ1) is 87.1. The summed E-state index contributed by atoms with van der Waals surface area (Å²) in [4.78, 5) is 72.4.